The lowest BCUT2D eigenvalue weighted by Gasteiger charge is -2.59. The molecule has 4 aliphatic rings. The number of benzene rings is 1. The van der Waals surface area contributed by atoms with Crippen LogP contribution in [0.3, 0.4) is 0 Å². The maximum absolute atomic E-state index is 13.1. The van der Waals surface area contributed by atoms with Gasteiger partial charge < -0.3 is 9.73 Å². The van der Waals surface area contributed by atoms with Crippen LogP contribution in [0.2, 0.25) is 0 Å². The first-order valence-electron chi connectivity index (χ1n) is 11.5. The van der Waals surface area contributed by atoms with Crippen LogP contribution in [-0.4, -0.2) is 25.5 Å². The molecule has 6 rings (SSSR count). The summed E-state index contributed by atoms with van der Waals surface area (Å²) >= 11 is 5.16. The van der Waals surface area contributed by atoms with Crippen LogP contribution in [0.5, 0.6) is 0 Å². The molecule has 0 aliphatic heterocycles. The summed E-state index contributed by atoms with van der Waals surface area (Å²) in [5, 5.41) is 5.51. The molecule has 176 valence electrons. The molecule has 0 radical (unpaired) electrons. The fourth-order valence-corrected chi connectivity index (χ4v) is 8.14. The first-order chi connectivity index (χ1) is 15.7. The van der Waals surface area contributed by atoms with E-state index in [0.717, 1.165) is 37.0 Å². The van der Waals surface area contributed by atoms with Crippen molar-refractivity contribution in [3.8, 4) is 0 Å². The number of anilines is 1. The van der Waals surface area contributed by atoms with E-state index in [1.807, 2.05) is 6.92 Å². The molecule has 1 amide bonds. The molecule has 1 aromatic carbocycles. The van der Waals surface area contributed by atoms with Gasteiger partial charge in [-0.3, -0.25) is 10.1 Å². The van der Waals surface area contributed by atoms with Gasteiger partial charge in [-0.15, -0.1) is 0 Å². The fraction of sp³-hybridized carbons (Fsp3) is 0.500. The van der Waals surface area contributed by atoms with Gasteiger partial charge in [0.2, 0.25) is 10.0 Å². The third kappa shape index (κ3) is 4.58. The van der Waals surface area contributed by atoms with Crippen molar-refractivity contribution in [3.05, 3.63) is 48.4 Å². The minimum absolute atomic E-state index is 0.0851. The molecular weight excluding hydrogens is 458 g/mol. The summed E-state index contributed by atoms with van der Waals surface area (Å²) in [4.78, 5) is 12.2. The zero-order valence-electron chi connectivity index (χ0n) is 18.5. The van der Waals surface area contributed by atoms with E-state index in [-0.39, 0.29) is 27.2 Å². The van der Waals surface area contributed by atoms with E-state index in [2.05, 4.69) is 15.4 Å². The Bertz CT molecular complexity index is 1110. The van der Waals surface area contributed by atoms with Crippen LogP contribution >= 0.6 is 12.2 Å². The fourth-order valence-electron chi connectivity index (χ4n) is 6.59. The van der Waals surface area contributed by atoms with Gasteiger partial charge in [0, 0.05) is 11.7 Å². The molecule has 1 atom stereocenters. The highest BCUT2D eigenvalue weighted by Gasteiger charge is 2.53. The predicted octanol–water partition coefficient (Wildman–Crippen LogP) is 4.29. The zero-order valence-corrected chi connectivity index (χ0v) is 20.2. The Morgan fingerprint density at radius 2 is 1.67 bits per heavy atom. The topological polar surface area (TPSA) is 100 Å². The number of hydrogen-bond donors (Lipinski definition) is 3. The normalized spacial score (nSPS) is 28.9. The Morgan fingerprint density at radius 3 is 2.21 bits per heavy atom. The van der Waals surface area contributed by atoms with Crippen molar-refractivity contribution in [3.63, 3.8) is 0 Å². The molecule has 1 heterocycles. The molecule has 7 nitrogen and oxygen atoms in total. The van der Waals surface area contributed by atoms with Gasteiger partial charge in [0.15, 0.2) is 10.9 Å². The molecule has 4 fully saturated rings. The summed E-state index contributed by atoms with van der Waals surface area (Å²) in [6.45, 7) is 2.04. The standard InChI is InChI=1S/C24H29N3O4S2/c1-15(24-12-16-9-17(13-24)11-18(10-16)14-24)27-33(29,30)20-6-4-19(5-7-20)25-23(32)26-22(28)21-3-2-8-31-21/h2-8,15-18,27H,9-14H2,1H3,(H2,25,26,28,32). The van der Waals surface area contributed by atoms with E-state index >= 15 is 0 Å². The lowest BCUT2D eigenvalue weighted by Crippen LogP contribution is -2.55. The predicted molar refractivity (Wildman–Crippen MR) is 129 cm³/mol. The van der Waals surface area contributed by atoms with Crippen molar-refractivity contribution < 1.29 is 17.6 Å². The third-order valence-electron chi connectivity index (χ3n) is 7.73. The number of carbonyl (C=O) groups excluding carboxylic acids is 1. The van der Waals surface area contributed by atoms with Crippen molar-refractivity contribution in [1.29, 1.82) is 0 Å². The second kappa shape index (κ2) is 8.52. The lowest BCUT2D eigenvalue weighted by molar-refractivity contribution is -0.0666. The number of rotatable bonds is 6. The van der Waals surface area contributed by atoms with Crippen LogP contribution in [0.1, 0.15) is 56.0 Å². The number of nitrogens with one attached hydrogen (secondary N) is 3. The molecule has 1 unspecified atom stereocenters. The largest absolute Gasteiger partial charge is 0.459 e. The third-order valence-corrected chi connectivity index (χ3v) is 9.49. The number of sulfonamides is 1. The first kappa shape index (κ1) is 22.6. The van der Waals surface area contributed by atoms with Crippen LogP contribution < -0.4 is 15.4 Å². The van der Waals surface area contributed by atoms with Gasteiger partial charge >= 0.3 is 0 Å². The highest BCUT2D eigenvalue weighted by molar-refractivity contribution is 7.89. The van der Waals surface area contributed by atoms with Crippen LogP contribution in [0.15, 0.2) is 52.0 Å². The summed E-state index contributed by atoms with van der Waals surface area (Å²) in [7, 11) is -3.64. The minimum Gasteiger partial charge on any atom is -0.459 e. The van der Waals surface area contributed by atoms with Crippen molar-refractivity contribution in [2.45, 2.75) is 56.4 Å². The molecule has 0 saturated heterocycles. The summed E-state index contributed by atoms with van der Waals surface area (Å²) in [6.07, 6.45) is 8.83. The monoisotopic (exact) mass is 487 g/mol. The van der Waals surface area contributed by atoms with E-state index in [1.54, 1.807) is 30.3 Å². The van der Waals surface area contributed by atoms with Gasteiger partial charge in [-0.1, -0.05) is 0 Å². The average molecular weight is 488 g/mol. The van der Waals surface area contributed by atoms with E-state index in [9.17, 15) is 13.2 Å². The van der Waals surface area contributed by atoms with Gasteiger partial charge in [-0.2, -0.15) is 0 Å². The SMILES string of the molecule is CC(NS(=O)(=O)c1ccc(NC(=S)NC(=O)c2ccco2)cc1)C12CC3CC(CC(C3)C1)C2. The van der Waals surface area contributed by atoms with E-state index in [4.69, 9.17) is 16.6 Å². The molecule has 1 aromatic heterocycles. The number of furan rings is 1. The van der Waals surface area contributed by atoms with E-state index in [0.29, 0.717) is 5.69 Å². The molecule has 4 saturated carbocycles. The maximum atomic E-state index is 13.1. The van der Waals surface area contributed by atoms with Gasteiger partial charge in [-0.05, 0) is 117 Å². The molecule has 4 bridgehead atoms. The number of hydrogen-bond acceptors (Lipinski definition) is 5. The van der Waals surface area contributed by atoms with Crippen molar-refractivity contribution in [1.82, 2.24) is 10.0 Å². The van der Waals surface area contributed by atoms with Crippen LogP contribution in [0.25, 0.3) is 0 Å². The highest BCUT2D eigenvalue weighted by Crippen LogP contribution is 2.61. The Balaban J connectivity index is 1.21. The van der Waals surface area contributed by atoms with Gasteiger partial charge in [-0.25, -0.2) is 13.1 Å². The molecule has 2 aromatic rings. The summed E-state index contributed by atoms with van der Waals surface area (Å²) in [5.74, 6) is 2.00. The second-order valence-electron chi connectivity index (χ2n) is 10.0. The molecule has 3 N–H and O–H groups in total. The number of amides is 1. The Hall–Kier alpha value is -2.23. The Labute approximate surface area is 199 Å². The molecular formula is C24H29N3O4S2. The molecule has 9 heteroatoms. The van der Waals surface area contributed by atoms with Crippen LogP contribution in [0.4, 0.5) is 5.69 Å². The summed E-state index contributed by atoms with van der Waals surface area (Å²) in [6, 6.07) is 9.43. The van der Waals surface area contributed by atoms with E-state index < -0.39 is 15.9 Å². The smallest absolute Gasteiger partial charge is 0.293 e. The van der Waals surface area contributed by atoms with E-state index in [1.165, 1.54) is 31.6 Å². The van der Waals surface area contributed by atoms with Crippen molar-refractivity contribution >= 4 is 38.9 Å². The van der Waals surface area contributed by atoms with Crippen molar-refractivity contribution in [2.24, 2.45) is 23.2 Å². The van der Waals surface area contributed by atoms with Gasteiger partial charge in [0.05, 0.1) is 11.2 Å². The van der Waals surface area contributed by atoms with Crippen molar-refractivity contribution in [2.75, 3.05) is 5.32 Å². The highest BCUT2D eigenvalue weighted by atomic mass is 32.2. The number of thiocarbonyl (C=S) groups is 1. The molecule has 0 spiro atoms. The number of carbonyl (C=O) groups is 1. The zero-order chi connectivity index (χ0) is 23.2. The van der Waals surface area contributed by atoms with Gasteiger partial charge in [0.1, 0.15) is 0 Å². The van der Waals surface area contributed by atoms with Crippen LogP contribution in [0, 0.1) is 23.2 Å². The quantitative estimate of drug-likeness (QED) is 0.526. The second-order valence-corrected chi connectivity index (χ2v) is 12.2. The summed E-state index contributed by atoms with van der Waals surface area (Å²) < 4.78 is 34.3. The molecule has 4 aliphatic carbocycles. The average Bonchev–Trinajstić information content (AvgIpc) is 3.28. The Morgan fingerprint density at radius 1 is 1.06 bits per heavy atom. The lowest BCUT2D eigenvalue weighted by atomic mass is 9.48. The summed E-state index contributed by atoms with van der Waals surface area (Å²) in [5.41, 5.74) is 0.676. The van der Waals surface area contributed by atoms with Crippen LogP contribution in [-0.2, 0) is 10.0 Å². The minimum atomic E-state index is -3.64. The Kier molecular flexibility index (Phi) is 5.83. The first-order valence-corrected chi connectivity index (χ1v) is 13.4. The van der Waals surface area contributed by atoms with Gasteiger partial charge in [0.25, 0.3) is 5.91 Å². The molecule has 33 heavy (non-hydrogen) atoms. The maximum Gasteiger partial charge on any atom is 0.293 e.